The molecule has 0 bridgehead atoms. The van der Waals surface area contributed by atoms with Crippen LogP contribution in [-0.4, -0.2) is 44.9 Å². The summed E-state index contributed by atoms with van der Waals surface area (Å²) in [5.41, 5.74) is 0.965. The Morgan fingerprint density at radius 1 is 1.33 bits per heavy atom. The molecule has 1 unspecified atom stereocenters. The number of nitrogens with zero attached hydrogens (tertiary/aromatic N) is 2. The number of benzene rings is 1. The Morgan fingerprint density at radius 3 is 2.63 bits per heavy atom. The summed E-state index contributed by atoms with van der Waals surface area (Å²) in [6.45, 7) is 10.9. The molecule has 1 aromatic rings. The smallest absolute Gasteiger partial charge is 0.243 e. The number of aliphatic imine (C=N–C) groups is 1. The first-order chi connectivity index (χ1) is 12.5. The Morgan fingerprint density at radius 2 is 2.04 bits per heavy atom. The van der Waals surface area contributed by atoms with Gasteiger partial charge in [0.2, 0.25) is 10.0 Å². The molecule has 1 fully saturated rings. The van der Waals surface area contributed by atoms with E-state index >= 15 is 0 Å². The minimum absolute atomic E-state index is 0. The Labute approximate surface area is 180 Å². The molecule has 6 nitrogen and oxygen atoms in total. The highest BCUT2D eigenvalue weighted by atomic mass is 127. The predicted octanol–water partition coefficient (Wildman–Crippen LogP) is 2.97. The van der Waals surface area contributed by atoms with Crippen LogP contribution in [0.3, 0.4) is 0 Å². The number of piperidine rings is 1. The lowest BCUT2D eigenvalue weighted by Gasteiger charge is -2.30. The quantitative estimate of drug-likeness (QED) is 0.258. The fraction of sp³-hybridized carbons (Fsp3) is 0.526. The summed E-state index contributed by atoms with van der Waals surface area (Å²) < 4.78 is 27.2. The van der Waals surface area contributed by atoms with Crippen LogP contribution in [0.5, 0.6) is 0 Å². The van der Waals surface area contributed by atoms with Gasteiger partial charge in [-0.05, 0) is 43.4 Å². The first-order valence-corrected chi connectivity index (χ1v) is 10.6. The summed E-state index contributed by atoms with van der Waals surface area (Å²) in [4.78, 5) is 4.86. The normalized spacial score (nSPS) is 18.4. The first kappa shape index (κ1) is 23.9. The lowest BCUT2D eigenvalue weighted by molar-refractivity contribution is 0.281. The molecule has 152 valence electrons. The van der Waals surface area contributed by atoms with Crippen molar-refractivity contribution in [2.75, 3.05) is 26.2 Å². The number of halogens is 1. The minimum Gasteiger partial charge on any atom is -0.357 e. The summed E-state index contributed by atoms with van der Waals surface area (Å²) in [5, 5.41) is 6.30. The van der Waals surface area contributed by atoms with Gasteiger partial charge in [-0.3, -0.25) is 0 Å². The molecule has 1 aromatic carbocycles. The zero-order chi connectivity index (χ0) is 19.0. The van der Waals surface area contributed by atoms with Crippen molar-refractivity contribution < 1.29 is 8.42 Å². The molecular formula is C19H31IN4O2S. The Kier molecular flexibility index (Phi) is 10.3. The lowest BCUT2D eigenvalue weighted by atomic mass is 10.0. The van der Waals surface area contributed by atoms with E-state index in [1.807, 2.05) is 19.1 Å². The van der Waals surface area contributed by atoms with Gasteiger partial charge in [-0.2, -0.15) is 4.31 Å². The van der Waals surface area contributed by atoms with Crippen LogP contribution < -0.4 is 10.6 Å². The number of hydrogen-bond acceptors (Lipinski definition) is 3. The molecule has 1 atom stereocenters. The third-order valence-electron chi connectivity index (χ3n) is 4.36. The van der Waals surface area contributed by atoms with Crippen molar-refractivity contribution in [1.29, 1.82) is 0 Å². The second kappa shape index (κ2) is 11.7. The van der Waals surface area contributed by atoms with Gasteiger partial charge in [0.05, 0.1) is 11.4 Å². The zero-order valence-corrected chi connectivity index (χ0v) is 19.3. The molecule has 27 heavy (non-hydrogen) atoms. The topological polar surface area (TPSA) is 73.8 Å². The van der Waals surface area contributed by atoms with Crippen LogP contribution >= 0.6 is 24.0 Å². The highest BCUT2D eigenvalue weighted by Crippen LogP contribution is 2.23. The monoisotopic (exact) mass is 506 g/mol. The molecule has 0 amide bonds. The van der Waals surface area contributed by atoms with E-state index in [2.05, 4.69) is 29.1 Å². The van der Waals surface area contributed by atoms with Gasteiger partial charge < -0.3 is 10.6 Å². The van der Waals surface area contributed by atoms with Crippen LogP contribution in [0.1, 0.15) is 32.3 Å². The SMILES string of the molecule is C=CCNC(=NCc1ccc(S(=O)(=O)N2CCCC(C)C2)cc1)NCC.I. The van der Waals surface area contributed by atoms with Crippen molar-refractivity contribution in [2.24, 2.45) is 10.9 Å². The number of guanidine groups is 1. The van der Waals surface area contributed by atoms with Crippen molar-refractivity contribution >= 4 is 40.0 Å². The van der Waals surface area contributed by atoms with Gasteiger partial charge in [-0.1, -0.05) is 25.1 Å². The van der Waals surface area contributed by atoms with E-state index in [0.29, 0.717) is 43.0 Å². The van der Waals surface area contributed by atoms with Gasteiger partial charge in [0.1, 0.15) is 0 Å². The van der Waals surface area contributed by atoms with Gasteiger partial charge in [0.25, 0.3) is 0 Å². The second-order valence-electron chi connectivity index (χ2n) is 6.62. The summed E-state index contributed by atoms with van der Waals surface area (Å²) in [6, 6.07) is 7.04. The van der Waals surface area contributed by atoms with E-state index in [9.17, 15) is 8.42 Å². The van der Waals surface area contributed by atoms with E-state index in [4.69, 9.17) is 0 Å². The van der Waals surface area contributed by atoms with E-state index < -0.39 is 10.0 Å². The molecule has 8 heteroatoms. The summed E-state index contributed by atoms with van der Waals surface area (Å²) in [5.74, 6) is 1.13. The fourth-order valence-electron chi connectivity index (χ4n) is 2.96. The summed E-state index contributed by atoms with van der Waals surface area (Å²) in [6.07, 6.45) is 3.79. The molecule has 0 saturated carbocycles. The number of rotatable bonds is 7. The van der Waals surface area contributed by atoms with Gasteiger partial charge in [0.15, 0.2) is 5.96 Å². The predicted molar refractivity (Wildman–Crippen MR) is 122 cm³/mol. The van der Waals surface area contributed by atoms with Crippen LogP contribution in [0.25, 0.3) is 0 Å². The minimum atomic E-state index is -3.40. The summed E-state index contributed by atoms with van der Waals surface area (Å²) in [7, 11) is -3.40. The number of nitrogens with one attached hydrogen (secondary N) is 2. The van der Waals surface area contributed by atoms with Crippen LogP contribution in [0, 0.1) is 5.92 Å². The third kappa shape index (κ3) is 7.08. The average Bonchev–Trinajstić information content (AvgIpc) is 2.64. The van der Waals surface area contributed by atoms with Gasteiger partial charge in [0, 0.05) is 26.2 Å². The maximum Gasteiger partial charge on any atom is 0.243 e. The van der Waals surface area contributed by atoms with Crippen molar-refractivity contribution in [1.82, 2.24) is 14.9 Å². The van der Waals surface area contributed by atoms with Crippen LogP contribution in [-0.2, 0) is 16.6 Å². The van der Waals surface area contributed by atoms with Crippen LogP contribution in [0.2, 0.25) is 0 Å². The van der Waals surface area contributed by atoms with Crippen LogP contribution in [0.15, 0.2) is 46.8 Å². The largest absolute Gasteiger partial charge is 0.357 e. The molecular weight excluding hydrogens is 475 g/mol. The molecule has 2 rings (SSSR count). The van der Waals surface area contributed by atoms with Crippen LogP contribution in [0.4, 0.5) is 0 Å². The Bertz CT molecular complexity index is 720. The molecule has 0 spiro atoms. The molecule has 0 aliphatic carbocycles. The van der Waals surface area contributed by atoms with Gasteiger partial charge in [-0.25, -0.2) is 13.4 Å². The third-order valence-corrected chi connectivity index (χ3v) is 6.24. The molecule has 2 N–H and O–H groups in total. The molecule has 1 aliphatic heterocycles. The highest BCUT2D eigenvalue weighted by molar-refractivity contribution is 14.0. The first-order valence-electron chi connectivity index (χ1n) is 9.19. The van der Waals surface area contributed by atoms with E-state index in [1.54, 1.807) is 22.5 Å². The number of sulfonamides is 1. The lowest BCUT2D eigenvalue weighted by Crippen LogP contribution is -2.39. The molecule has 1 aliphatic rings. The summed E-state index contributed by atoms with van der Waals surface area (Å²) >= 11 is 0. The van der Waals surface area contributed by atoms with E-state index in [1.165, 1.54) is 0 Å². The highest BCUT2D eigenvalue weighted by Gasteiger charge is 2.28. The van der Waals surface area contributed by atoms with Crippen molar-refractivity contribution in [3.8, 4) is 0 Å². The second-order valence-corrected chi connectivity index (χ2v) is 8.56. The van der Waals surface area contributed by atoms with E-state index in [0.717, 1.165) is 24.9 Å². The number of hydrogen-bond donors (Lipinski definition) is 2. The van der Waals surface area contributed by atoms with Crippen molar-refractivity contribution in [3.05, 3.63) is 42.5 Å². The van der Waals surface area contributed by atoms with Gasteiger partial charge >= 0.3 is 0 Å². The fourth-order valence-corrected chi connectivity index (χ4v) is 4.56. The standard InChI is InChI=1S/C19H30N4O2S.HI/c1-4-12-21-19(20-5-2)22-14-17-8-10-18(11-9-17)26(24,25)23-13-6-7-16(3)15-23;/h4,8-11,16H,1,5-7,12-15H2,2-3H3,(H2,20,21,22);1H. The maximum atomic E-state index is 12.8. The molecule has 1 saturated heterocycles. The Balaban J connectivity index is 0.00000364. The van der Waals surface area contributed by atoms with E-state index in [-0.39, 0.29) is 24.0 Å². The molecule has 0 aromatic heterocycles. The average molecular weight is 506 g/mol. The van der Waals surface area contributed by atoms with Crippen molar-refractivity contribution in [3.63, 3.8) is 0 Å². The molecule has 0 radical (unpaired) electrons. The molecule has 1 heterocycles. The van der Waals surface area contributed by atoms with Gasteiger partial charge in [-0.15, -0.1) is 30.6 Å². The Hall–Kier alpha value is -1.13. The maximum absolute atomic E-state index is 12.8. The van der Waals surface area contributed by atoms with Crippen molar-refractivity contribution in [2.45, 2.75) is 38.1 Å². The zero-order valence-electron chi connectivity index (χ0n) is 16.1.